The number of rotatable bonds is 12. The highest BCUT2D eigenvalue weighted by Crippen LogP contribution is 2.32. The van der Waals surface area contributed by atoms with E-state index in [-0.39, 0.29) is 25.0 Å². The minimum Gasteiger partial charge on any atom is -0.483 e. The van der Waals surface area contributed by atoms with Gasteiger partial charge < -0.3 is 29.1 Å². The Kier molecular flexibility index (Phi) is 8.86. The van der Waals surface area contributed by atoms with E-state index in [1.807, 2.05) is 36.4 Å². The Morgan fingerprint density at radius 3 is 1.41 bits per heavy atom. The monoisotopic (exact) mass is 446 g/mol. The molecule has 0 unspecified atom stereocenters. The maximum Gasteiger partial charge on any atom is 0.258 e. The van der Waals surface area contributed by atoms with E-state index in [9.17, 15) is 9.59 Å². The lowest BCUT2D eigenvalue weighted by molar-refractivity contribution is -0.869. The molecule has 8 nitrogen and oxygen atoms in total. The number of amides is 2. The van der Waals surface area contributed by atoms with E-state index >= 15 is 0 Å². The van der Waals surface area contributed by atoms with Crippen molar-refractivity contribution >= 4 is 22.6 Å². The number of likely N-dealkylation sites (N-methyl/N-ethyl adjacent to an activating group) is 2. The summed E-state index contributed by atoms with van der Waals surface area (Å²) in [6.07, 6.45) is 0. The number of benzene rings is 2. The Morgan fingerprint density at radius 2 is 1.06 bits per heavy atom. The first kappa shape index (κ1) is 25.4. The molecular formula is C24H38N4O4+2. The molecule has 2 N–H and O–H groups in total. The smallest absolute Gasteiger partial charge is 0.258 e. The van der Waals surface area contributed by atoms with Gasteiger partial charge in [0.15, 0.2) is 13.2 Å². The predicted octanol–water partition coefficient (Wildman–Crippen LogP) is 1.24. The van der Waals surface area contributed by atoms with Crippen LogP contribution in [0, 0.1) is 0 Å². The molecule has 2 rings (SSSR count). The van der Waals surface area contributed by atoms with Crippen molar-refractivity contribution in [3.05, 3.63) is 36.4 Å². The van der Waals surface area contributed by atoms with Crippen LogP contribution >= 0.6 is 0 Å². The summed E-state index contributed by atoms with van der Waals surface area (Å²) in [7, 11) is 12.5. The van der Waals surface area contributed by atoms with Crippen molar-refractivity contribution in [3.63, 3.8) is 0 Å². The standard InChI is InChI=1S/C24H36N4O4/c1-27(2,3)15-13-25-23(29)17-31-21-11-7-10-20-19(21)9-8-12-22(20)32-18-24(30)26-14-16-28(4,5)6/h7-12H,13-18H2,1-6H3/p+2. The normalized spacial score (nSPS) is 11.8. The molecule has 32 heavy (non-hydrogen) atoms. The Balaban J connectivity index is 1.94. The summed E-state index contributed by atoms with van der Waals surface area (Å²) in [5, 5.41) is 7.41. The summed E-state index contributed by atoms with van der Waals surface area (Å²) in [6, 6.07) is 11.2. The van der Waals surface area contributed by atoms with Gasteiger partial charge in [0.25, 0.3) is 11.8 Å². The molecular weight excluding hydrogens is 408 g/mol. The van der Waals surface area contributed by atoms with Gasteiger partial charge in [-0.15, -0.1) is 0 Å². The number of quaternary nitrogens is 2. The molecule has 8 heteroatoms. The minimum absolute atomic E-state index is 0.0595. The Labute approximate surface area is 191 Å². The highest BCUT2D eigenvalue weighted by Gasteiger charge is 2.12. The zero-order chi connectivity index (χ0) is 23.8. The first-order chi connectivity index (χ1) is 14.9. The summed E-state index contributed by atoms with van der Waals surface area (Å²) < 4.78 is 13.1. The van der Waals surface area contributed by atoms with Crippen molar-refractivity contribution in [2.75, 3.05) is 81.7 Å². The van der Waals surface area contributed by atoms with Crippen LogP contribution in [0.25, 0.3) is 10.8 Å². The lowest BCUT2D eigenvalue weighted by Crippen LogP contribution is -2.42. The van der Waals surface area contributed by atoms with Crippen molar-refractivity contribution in [1.82, 2.24) is 10.6 Å². The Hall–Kier alpha value is -2.84. The van der Waals surface area contributed by atoms with Crippen molar-refractivity contribution < 1.29 is 28.0 Å². The molecule has 0 aromatic heterocycles. The average Bonchev–Trinajstić information content (AvgIpc) is 2.68. The number of carbonyl (C=O) groups is 2. The molecule has 0 aliphatic rings. The lowest BCUT2D eigenvalue weighted by atomic mass is 10.1. The highest BCUT2D eigenvalue weighted by atomic mass is 16.5. The average molecular weight is 447 g/mol. The SMILES string of the molecule is C[N+](C)(C)CCNC(=O)COc1cccc2c(OCC(=O)NCC[N+](C)(C)C)cccc12. The van der Waals surface area contributed by atoms with Gasteiger partial charge >= 0.3 is 0 Å². The molecule has 0 heterocycles. The molecule has 0 bridgehead atoms. The van der Waals surface area contributed by atoms with Gasteiger partial charge in [0.2, 0.25) is 0 Å². The first-order valence-electron chi connectivity index (χ1n) is 10.9. The van der Waals surface area contributed by atoms with Crippen LogP contribution in [0.5, 0.6) is 11.5 Å². The number of ether oxygens (including phenoxy) is 2. The molecule has 0 spiro atoms. The summed E-state index contributed by atoms with van der Waals surface area (Å²) in [5.41, 5.74) is 0. The number of hydrogen-bond donors (Lipinski definition) is 2. The van der Waals surface area contributed by atoms with Crippen molar-refractivity contribution in [2.45, 2.75) is 0 Å². The van der Waals surface area contributed by atoms with E-state index in [1.165, 1.54) is 0 Å². The van der Waals surface area contributed by atoms with Crippen LogP contribution in [0.2, 0.25) is 0 Å². The van der Waals surface area contributed by atoms with Gasteiger partial charge in [-0.2, -0.15) is 0 Å². The molecule has 0 saturated carbocycles. The van der Waals surface area contributed by atoms with Gasteiger partial charge in [-0.1, -0.05) is 24.3 Å². The maximum absolute atomic E-state index is 12.1. The van der Waals surface area contributed by atoms with E-state index in [1.54, 1.807) is 0 Å². The van der Waals surface area contributed by atoms with E-state index in [0.717, 1.165) is 32.8 Å². The third-order valence-electron chi connectivity index (χ3n) is 4.77. The number of fused-ring (bicyclic) bond motifs is 1. The molecule has 2 amide bonds. The molecule has 0 saturated heterocycles. The molecule has 0 aliphatic carbocycles. The Bertz CT molecular complexity index is 841. The third kappa shape index (κ3) is 9.11. The molecule has 0 atom stereocenters. The maximum atomic E-state index is 12.1. The first-order valence-corrected chi connectivity index (χ1v) is 10.9. The van der Waals surface area contributed by atoms with Crippen LogP contribution in [0.3, 0.4) is 0 Å². The lowest BCUT2D eigenvalue weighted by Gasteiger charge is -2.23. The van der Waals surface area contributed by atoms with Crippen LogP contribution in [0.4, 0.5) is 0 Å². The molecule has 176 valence electrons. The zero-order valence-electron chi connectivity index (χ0n) is 20.2. The van der Waals surface area contributed by atoms with Gasteiger partial charge in [0, 0.05) is 10.8 Å². The number of nitrogens with zero attached hydrogens (tertiary/aromatic N) is 2. The summed E-state index contributed by atoms with van der Waals surface area (Å²) >= 11 is 0. The fourth-order valence-electron chi connectivity index (χ4n) is 2.95. The van der Waals surface area contributed by atoms with Gasteiger partial charge in [-0.25, -0.2) is 0 Å². The van der Waals surface area contributed by atoms with Crippen molar-refractivity contribution in [1.29, 1.82) is 0 Å². The van der Waals surface area contributed by atoms with Crippen molar-refractivity contribution in [3.8, 4) is 11.5 Å². The van der Waals surface area contributed by atoms with Crippen molar-refractivity contribution in [2.24, 2.45) is 0 Å². The van der Waals surface area contributed by atoms with Crippen LogP contribution < -0.4 is 20.1 Å². The van der Waals surface area contributed by atoms with E-state index in [4.69, 9.17) is 9.47 Å². The topological polar surface area (TPSA) is 76.7 Å². The quantitative estimate of drug-likeness (QED) is 0.481. The van der Waals surface area contributed by atoms with Crippen LogP contribution in [0.1, 0.15) is 0 Å². The Morgan fingerprint density at radius 1 is 0.688 bits per heavy atom. The second kappa shape index (κ2) is 11.2. The molecule has 2 aromatic rings. The summed E-state index contributed by atoms with van der Waals surface area (Å²) in [4.78, 5) is 24.2. The van der Waals surface area contributed by atoms with Crippen LogP contribution in [-0.2, 0) is 9.59 Å². The number of carbonyl (C=O) groups excluding carboxylic acids is 2. The van der Waals surface area contributed by atoms with Gasteiger partial charge in [0.1, 0.15) is 11.5 Å². The fraction of sp³-hybridized carbons (Fsp3) is 0.500. The molecule has 2 aromatic carbocycles. The van der Waals surface area contributed by atoms with Gasteiger partial charge in [-0.05, 0) is 12.1 Å². The minimum atomic E-state index is -0.159. The van der Waals surface area contributed by atoms with Crippen LogP contribution in [-0.4, -0.2) is 102 Å². The fourth-order valence-corrected chi connectivity index (χ4v) is 2.95. The highest BCUT2D eigenvalue weighted by molar-refractivity contribution is 5.93. The molecule has 0 radical (unpaired) electrons. The summed E-state index contributed by atoms with van der Waals surface area (Å²) in [5.74, 6) is 0.881. The number of hydrogen-bond acceptors (Lipinski definition) is 4. The van der Waals surface area contributed by atoms with E-state index in [0.29, 0.717) is 24.6 Å². The van der Waals surface area contributed by atoms with E-state index < -0.39 is 0 Å². The second-order valence-electron chi connectivity index (χ2n) is 9.91. The van der Waals surface area contributed by atoms with Gasteiger partial charge in [-0.3, -0.25) is 9.59 Å². The predicted molar refractivity (Wildman–Crippen MR) is 127 cm³/mol. The zero-order valence-corrected chi connectivity index (χ0v) is 20.2. The second-order valence-corrected chi connectivity index (χ2v) is 9.91. The third-order valence-corrected chi connectivity index (χ3v) is 4.77. The molecule has 0 fully saturated rings. The van der Waals surface area contributed by atoms with Gasteiger partial charge in [0.05, 0.1) is 68.5 Å². The number of nitrogens with one attached hydrogen (secondary N) is 2. The summed E-state index contributed by atoms with van der Waals surface area (Å²) in [6.45, 7) is 2.74. The van der Waals surface area contributed by atoms with Crippen LogP contribution in [0.15, 0.2) is 36.4 Å². The van der Waals surface area contributed by atoms with E-state index in [2.05, 4.69) is 52.9 Å². The largest absolute Gasteiger partial charge is 0.483 e. The molecule has 0 aliphatic heterocycles.